The number of ether oxygens (including phenoxy) is 1. The highest BCUT2D eigenvalue weighted by molar-refractivity contribution is 5.69. The lowest BCUT2D eigenvalue weighted by molar-refractivity contribution is 0.464. The van der Waals surface area contributed by atoms with Crippen LogP contribution in [0.25, 0.3) is 11.8 Å². The molecule has 1 aromatic carbocycles. The molecular weight excluding hydrogens is 162 g/mol. The summed E-state index contributed by atoms with van der Waals surface area (Å²) in [6.45, 7) is 7.29. The van der Waals surface area contributed by atoms with Crippen LogP contribution in [-0.4, -0.2) is 0 Å². The van der Waals surface area contributed by atoms with E-state index >= 15 is 0 Å². The number of rotatable bonds is 3. The summed E-state index contributed by atoms with van der Waals surface area (Å²) in [6.07, 6.45) is 3.28. The van der Waals surface area contributed by atoms with E-state index < -0.39 is 0 Å². The molecule has 0 unspecified atom stereocenters. The Morgan fingerprint density at radius 2 is 2.15 bits per heavy atom. The van der Waals surface area contributed by atoms with Gasteiger partial charge in [0, 0.05) is 5.56 Å². The molecule has 0 fully saturated rings. The summed E-state index contributed by atoms with van der Waals surface area (Å²) < 4.78 is 4.63. The van der Waals surface area contributed by atoms with Gasteiger partial charge in [0.1, 0.15) is 5.76 Å². The van der Waals surface area contributed by atoms with E-state index in [1.165, 1.54) is 0 Å². The molecule has 0 aromatic heterocycles. The van der Waals surface area contributed by atoms with E-state index in [9.17, 15) is 0 Å². The Bertz CT molecular complexity index is 374. The maximum atomic E-state index is 8.30. The van der Waals surface area contributed by atoms with Gasteiger partial charge >= 0.3 is 0 Å². The lowest BCUT2D eigenvalue weighted by Gasteiger charge is -2.04. The minimum absolute atomic E-state index is 0.345. The minimum Gasteiger partial charge on any atom is -0.388 e. The standard InChI is InChI=1S/C11H9NO/c1-3-10-6-4-5-7-11(10)9(2)13-8-12/h3-7H,1-2H2. The van der Waals surface area contributed by atoms with Crippen molar-refractivity contribution in [1.29, 1.82) is 5.26 Å². The van der Waals surface area contributed by atoms with Crippen molar-refractivity contribution in [2.75, 3.05) is 0 Å². The quantitative estimate of drug-likeness (QED) is 0.517. The van der Waals surface area contributed by atoms with Crippen LogP contribution in [0.1, 0.15) is 11.1 Å². The smallest absolute Gasteiger partial charge is 0.292 e. The van der Waals surface area contributed by atoms with Crippen LogP contribution < -0.4 is 0 Å². The Balaban J connectivity index is 3.07. The van der Waals surface area contributed by atoms with E-state index in [1.807, 2.05) is 24.3 Å². The predicted molar refractivity (Wildman–Crippen MR) is 52.3 cm³/mol. The zero-order chi connectivity index (χ0) is 9.68. The molecule has 1 rings (SSSR count). The molecule has 0 atom stereocenters. The van der Waals surface area contributed by atoms with E-state index in [0.717, 1.165) is 11.1 Å². The second-order valence-electron chi connectivity index (χ2n) is 2.41. The average molecular weight is 171 g/mol. The van der Waals surface area contributed by atoms with Crippen molar-refractivity contribution >= 4 is 11.8 Å². The van der Waals surface area contributed by atoms with Crippen molar-refractivity contribution in [2.45, 2.75) is 0 Å². The van der Waals surface area contributed by atoms with Crippen LogP contribution in [0.3, 0.4) is 0 Å². The van der Waals surface area contributed by atoms with Crippen LogP contribution in [0.15, 0.2) is 37.4 Å². The third-order valence-electron chi connectivity index (χ3n) is 1.65. The second kappa shape index (κ2) is 4.13. The van der Waals surface area contributed by atoms with Gasteiger partial charge in [-0.2, -0.15) is 0 Å². The molecule has 1 aromatic rings. The Morgan fingerprint density at radius 3 is 2.77 bits per heavy atom. The maximum absolute atomic E-state index is 8.30. The topological polar surface area (TPSA) is 33.0 Å². The van der Waals surface area contributed by atoms with Gasteiger partial charge in [0.05, 0.1) is 0 Å². The molecule has 0 saturated heterocycles. The fourth-order valence-corrected chi connectivity index (χ4v) is 1.04. The fraction of sp³-hybridized carbons (Fsp3) is 0. The van der Waals surface area contributed by atoms with Crippen LogP contribution in [0.4, 0.5) is 0 Å². The first-order valence-electron chi connectivity index (χ1n) is 3.76. The summed E-state index contributed by atoms with van der Waals surface area (Å²) >= 11 is 0. The highest BCUT2D eigenvalue weighted by Crippen LogP contribution is 2.18. The van der Waals surface area contributed by atoms with Crippen molar-refractivity contribution < 1.29 is 4.74 Å². The molecule has 13 heavy (non-hydrogen) atoms. The number of nitriles is 1. The van der Waals surface area contributed by atoms with Crippen LogP contribution in [0.2, 0.25) is 0 Å². The van der Waals surface area contributed by atoms with Crippen molar-refractivity contribution in [1.82, 2.24) is 0 Å². The van der Waals surface area contributed by atoms with Gasteiger partial charge in [-0.15, -0.1) is 5.26 Å². The summed E-state index contributed by atoms with van der Waals surface area (Å²) in [7, 11) is 0. The molecule has 0 heterocycles. The van der Waals surface area contributed by atoms with Crippen molar-refractivity contribution in [3.8, 4) is 6.26 Å². The largest absolute Gasteiger partial charge is 0.388 e. The van der Waals surface area contributed by atoms with Gasteiger partial charge in [0.2, 0.25) is 0 Å². The summed E-state index contributed by atoms with van der Waals surface area (Å²) in [5, 5.41) is 8.30. The van der Waals surface area contributed by atoms with E-state index in [1.54, 1.807) is 12.3 Å². The Kier molecular flexibility index (Phi) is 2.88. The molecule has 0 saturated carbocycles. The van der Waals surface area contributed by atoms with Crippen LogP contribution in [-0.2, 0) is 4.74 Å². The lowest BCUT2D eigenvalue weighted by atomic mass is 10.1. The molecular formula is C11H9NO. The molecule has 0 N–H and O–H groups in total. The summed E-state index contributed by atoms with van der Waals surface area (Å²) in [5.41, 5.74) is 1.70. The summed E-state index contributed by atoms with van der Waals surface area (Å²) in [6, 6.07) is 7.46. The molecule has 0 spiro atoms. The SMILES string of the molecule is C=Cc1ccccc1C(=C)OC#N. The van der Waals surface area contributed by atoms with Gasteiger partial charge in [0.25, 0.3) is 6.26 Å². The summed E-state index contributed by atoms with van der Waals surface area (Å²) in [4.78, 5) is 0. The number of hydrogen-bond acceptors (Lipinski definition) is 2. The lowest BCUT2D eigenvalue weighted by Crippen LogP contribution is -1.88. The third kappa shape index (κ3) is 1.97. The van der Waals surface area contributed by atoms with Crippen LogP contribution in [0, 0.1) is 11.5 Å². The van der Waals surface area contributed by atoms with E-state index in [2.05, 4.69) is 17.9 Å². The molecule has 64 valence electrons. The molecule has 0 radical (unpaired) electrons. The molecule has 2 heteroatoms. The zero-order valence-electron chi connectivity index (χ0n) is 7.16. The van der Waals surface area contributed by atoms with Crippen molar-refractivity contribution in [2.24, 2.45) is 0 Å². The van der Waals surface area contributed by atoms with Gasteiger partial charge < -0.3 is 4.74 Å². The first-order valence-corrected chi connectivity index (χ1v) is 3.76. The van der Waals surface area contributed by atoms with Crippen LogP contribution >= 0.6 is 0 Å². The van der Waals surface area contributed by atoms with Crippen molar-refractivity contribution in [3.05, 3.63) is 48.6 Å². The molecule has 0 aliphatic rings. The van der Waals surface area contributed by atoms with Gasteiger partial charge in [0.15, 0.2) is 0 Å². The van der Waals surface area contributed by atoms with Crippen molar-refractivity contribution in [3.63, 3.8) is 0 Å². The number of hydrogen-bond donors (Lipinski definition) is 0. The Labute approximate surface area is 77.4 Å². The fourth-order valence-electron chi connectivity index (χ4n) is 1.04. The van der Waals surface area contributed by atoms with Gasteiger partial charge in [-0.3, -0.25) is 0 Å². The Morgan fingerprint density at radius 1 is 1.46 bits per heavy atom. The van der Waals surface area contributed by atoms with E-state index in [0.29, 0.717) is 5.76 Å². The average Bonchev–Trinajstić information content (AvgIpc) is 2.18. The van der Waals surface area contributed by atoms with E-state index in [4.69, 9.17) is 5.26 Å². The van der Waals surface area contributed by atoms with Gasteiger partial charge in [-0.1, -0.05) is 43.5 Å². The first kappa shape index (κ1) is 9.08. The van der Waals surface area contributed by atoms with Gasteiger partial charge in [-0.25, -0.2) is 0 Å². The zero-order valence-corrected chi connectivity index (χ0v) is 7.16. The molecule has 0 amide bonds. The first-order chi connectivity index (χ1) is 6.29. The van der Waals surface area contributed by atoms with Gasteiger partial charge in [-0.05, 0) is 5.56 Å². The molecule has 0 bridgehead atoms. The highest BCUT2D eigenvalue weighted by atomic mass is 16.5. The van der Waals surface area contributed by atoms with E-state index in [-0.39, 0.29) is 0 Å². The second-order valence-corrected chi connectivity index (χ2v) is 2.41. The van der Waals surface area contributed by atoms with Crippen LogP contribution in [0.5, 0.6) is 0 Å². The number of benzene rings is 1. The molecule has 2 nitrogen and oxygen atoms in total. The Hall–Kier alpha value is -2.01. The molecule has 0 aliphatic carbocycles. The molecule has 0 aliphatic heterocycles. The maximum Gasteiger partial charge on any atom is 0.292 e. The predicted octanol–water partition coefficient (Wildman–Crippen LogP) is 2.80. The minimum atomic E-state index is 0.345. The summed E-state index contributed by atoms with van der Waals surface area (Å²) in [5.74, 6) is 0.345. The monoisotopic (exact) mass is 171 g/mol. The normalized spacial score (nSPS) is 8.54. The number of nitrogens with zero attached hydrogens (tertiary/aromatic N) is 1. The highest BCUT2D eigenvalue weighted by Gasteiger charge is 2.03. The third-order valence-corrected chi connectivity index (χ3v) is 1.65.